The van der Waals surface area contributed by atoms with Crippen LogP contribution in [-0.4, -0.2) is 25.2 Å². The summed E-state index contributed by atoms with van der Waals surface area (Å²) in [5, 5.41) is 8.60. The SMILES string of the molecule is Cn1ccc(-c2cn(CC(=O)O)cn2)c1. The zero-order valence-corrected chi connectivity index (χ0v) is 8.29. The lowest BCUT2D eigenvalue weighted by Crippen LogP contribution is -2.06. The molecule has 15 heavy (non-hydrogen) atoms. The Morgan fingerprint density at radius 3 is 2.93 bits per heavy atom. The van der Waals surface area contributed by atoms with Gasteiger partial charge in [0, 0.05) is 31.2 Å². The molecule has 0 aliphatic heterocycles. The van der Waals surface area contributed by atoms with E-state index in [4.69, 9.17) is 5.11 Å². The van der Waals surface area contributed by atoms with Crippen molar-refractivity contribution in [3.05, 3.63) is 31.0 Å². The van der Waals surface area contributed by atoms with E-state index in [9.17, 15) is 4.79 Å². The summed E-state index contributed by atoms with van der Waals surface area (Å²) in [5.41, 5.74) is 1.78. The molecule has 2 aromatic rings. The lowest BCUT2D eigenvalue weighted by Gasteiger charge is -1.93. The first kappa shape index (κ1) is 9.51. The van der Waals surface area contributed by atoms with Gasteiger partial charge in [0.15, 0.2) is 0 Å². The van der Waals surface area contributed by atoms with E-state index in [1.807, 2.05) is 30.1 Å². The Balaban J connectivity index is 2.23. The molecule has 0 bridgehead atoms. The molecule has 0 unspecified atom stereocenters. The molecule has 0 saturated carbocycles. The van der Waals surface area contributed by atoms with Crippen molar-refractivity contribution in [1.29, 1.82) is 0 Å². The van der Waals surface area contributed by atoms with Crippen LogP contribution in [0.4, 0.5) is 0 Å². The normalized spacial score (nSPS) is 10.5. The number of carbonyl (C=O) groups is 1. The standard InChI is InChI=1S/C10H11N3O2/c1-12-3-2-8(4-12)9-5-13(7-11-9)6-10(14)15/h2-5,7H,6H2,1H3,(H,14,15). The van der Waals surface area contributed by atoms with Crippen LogP contribution in [0.1, 0.15) is 0 Å². The first-order chi connectivity index (χ1) is 7.15. The van der Waals surface area contributed by atoms with E-state index in [1.54, 1.807) is 10.8 Å². The largest absolute Gasteiger partial charge is 0.480 e. The van der Waals surface area contributed by atoms with Crippen molar-refractivity contribution in [3.8, 4) is 11.3 Å². The zero-order chi connectivity index (χ0) is 10.8. The average Bonchev–Trinajstić information content (AvgIpc) is 2.72. The third-order valence-corrected chi connectivity index (χ3v) is 2.08. The molecule has 78 valence electrons. The molecule has 0 saturated heterocycles. The maximum absolute atomic E-state index is 10.5. The maximum atomic E-state index is 10.5. The van der Waals surface area contributed by atoms with Crippen molar-refractivity contribution < 1.29 is 9.90 Å². The highest BCUT2D eigenvalue weighted by atomic mass is 16.4. The van der Waals surface area contributed by atoms with E-state index in [0.717, 1.165) is 11.3 Å². The molecule has 0 atom stereocenters. The van der Waals surface area contributed by atoms with Gasteiger partial charge in [-0.2, -0.15) is 0 Å². The van der Waals surface area contributed by atoms with Crippen LogP contribution in [0.3, 0.4) is 0 Å². The first-order valence-electron chi connectivity index (χ1n) is 4.51. The summed E-state index contributed by atoms with van der Waals surface area (Å²) in [6.07, 6.45) is 7.11. The summed E-state index contributed by atoms with van der Waals surface area (Å²) in [4.78, 5) is 14.6. The molecule has 0 fully saturated rings. The summed E-state index contributed by atoms with van der Waals surface area (Å²) in [7, 11) is 1.93. The van der Waals surface area contributed by atoms with Gasteiger partial charge in [-0.3, -0.25) is 4.79 Å². The van der Waals surface area contributed by atoms with Crippen molar-refractivity contribution in [2.45, 2.75) is 6.54 Å². The van der Waals surface area contributed by atoms with Gasteiger partial charge >= 0.3 is 5.97 Å². The fraction of sp³-hybridized carbons (Fsp3) is 0.200. The number of hydrogen-bond acceptors (Lipinski definition) is 2. The van der Waals surface area contributed by atoms with E-state index < -0.39 is 5.97 Å². The molecule has 2 aromatic heterocycles. The van der Waals surface area contributed by atoms with E-state index >= 15 is 0 Å². The second-order valence-electron chi connectivity index (χ2n) is 3.39. The summed E-state index contributed by atoms with van der Waals surface area (Å²) in [6, 6.07) is 1.94. The fourth-order valence-electron chi connectivity index (χ4n) is 1.41. The third-order valence-electron chi connectivity index (χ3n) is 2.08. The van der Waals surface area contributed by atoms with Crippen molar-refractivity contribution >= 4 is 5.97 Å². The van der Waals surface area contributed by atoms with Crippen LogP contribution in [-0.2, 0) is 18.4 Å². The Bertz CT molecular complexity index is 484. The van der Waals surface area contributed by atoms with Crippen LogP contribution in [0.2, 0.25) is 0 Å². The second-order valence-corrected chi connectivity index (χ2v) is 3.39. The monoisotopic (exact) mass is 205 g/mol. The van der Waals surface area contributed by atoms with Gasteiger partial charge in [0.1, 0.15) is 6.54 Å². The summed E-state index contributed by atoms with van der Waals surface area (Å²) in [6.45, 7) is -0.0557. The van der Waals surface area contributed by atoms with Crippen molar-refractivity contribution in [2.75, 3.05) is 0 Å². The Morgan fingerprint density at radius 2 is 2.33 bits per heavy atom. The van der Waals surface area contributed by atoms with Gasteiger partial charge in [0.2, 0.25) is 0 Å². The molecule has 1 N–H and O–H groups in total. The number of aliphatic carboxylic acids is 1. The summed E-state index contributed by atoms with van der Waals surface area (Å²) >= 11 is 0. The van der Waals surface area contributed by atoms with Gasteiger partial charge in [-0.1, -0.05) is 0 Å². The van der Waals surface area contributed by atoms with Gasteiger partial charge < -0.3 is 14.2 Å². The zero-order valence-electron chi connectivity index (χ0n) is 8.29. The summed E-state index contributed by atoms with van der Waals surface area (Å²) < 4.78 is 3.47. The minimum Gasteiger partial charge on any atom is -0.480 e. The molecular weight excluding hydrogens is 194 g/mol. The highest BCUT2D eigenvalue weighted by Gasteiger charge is 2.05. The van der Waals surface area contributed by atoms with Crippen molar-refractivity contribution in [3.63, 3.8) is 0 Å². The van der Waals surface area contributed by atoms with Crippen LogP contribution in [0.25, 0.3) is 11.3 Å². The third kappa shape index (κ3) is 2.07. The number of carboxylic acids is 1. The van der Waals surface area contributed by atoms with E-state index in [0.29, 0.717) is 0 Å². The number of aromatic nitrogens is 3. The number of hydrogen-bond donors (Lipinski definition) is 1. The van der Waals surface area contributed by atoms with E-state index in [-0.39, 0.29) is 6.54 Å². The lowest BCUT2D eigenvalue weighted by atomic mass is 10.3. The maximum Gasteiger partial charge on any atom is 0.323 e. The van der Waals surface area contributed by atoms with Crippen LogP contribution in [0, 0.1) is 0 Å². The highest BCUT2D eigenvalue weighted by molar-refractivity contribution is 5.67. The van der Waals surface area contributed by atoms with Gasteiger partial charge in [-0.25, -0.2) is 4.98 Å². The summed E-state index contributed by atoms with van der Waals surface area (Å²) in [5.74, 6) is -0.869. The Kier molecular flexibility index (Phi) is 2.29. The van der Waals surface area contributed by atoms with Gasteiger partial charge in [-0.15, -0.1) is 0 Å². The number of rotatable bonds is 3. The smallest absolute Gasteiger partial charge is 0.323 e. The Labute approximate surface area is 86.6 Å². The number of imidazole rings is 1. The minimum atomic E-state index is -0.869. The van der Waals surface area contributed by atoms with Gasteiger partial charge in [0.25, 0.3) is 0 Å². The van der Waals surface area contributed by atoms with Crippen LogP contribution in [0.5, 0.6) is 0 Å². The topological polar surface area (TPSA) is 60.0 Å². The van der Waals surface area contributed by atoms with Crippen molar-refractivity contribution in [1.82, 2.24) is 14.1 Å². The molecule has 0 amide bonds. The van der Waals surface area contributed by atoms with E-state index in [2.05, 4.69) is 4.98 Å². The Morgan fingerprint density at radius 1 is 1.53 bits per heavy atom. The molecular formula is C10H11N3O2. The molecule has 2 heterocycles. The number of carboxylic acid groups (broad SMARTS) is 1. The van der Waals surface area contributed by atoms with Crippen LogP contribution >= 0.6 is 0 Å². The predicted molar refractivity (Wildman–Crippen MR) is 54.3 cm³/mol. The first-order valence-corrected chi connectivity index (χ1v) is 4.51. The van der Waals surface area contributed by atoms with Gasteiger partial charge in [0.05, 0.1) is 12.0 Å². The number of nitrogens with zero attached hydrogens (tertiary/aromatic N) is 3. The quantitative estimate of drug-likeness (QED) is 0.812. The molecule has 0 aromatic carbocycles. The predicted octanol–water partition coefficient (Wildman–Crippen LogP) is 0.973. The molecule has 0 radical (unpaired) electrons. The molecule has 0 aliphatic carbocycles. The average molecular weight is 205 g/mol. The van der Waals surface area contributed by atoms with E-state index in [1.165, 1.54) is 6.33 Å². The fourth-order valence-corrected chi connectivity index (χ4v) is 1.41. The number of aryl methyl sites for hydroxylation is 1. The van der Waals surface area contributed by atoms with Crippen LogP contribution in [0.15, 0.2) is 31.0 Å². The molecule has 5 heteroatoms. The molecule has 5 nitrogen and oxygen atoms in total. The van der Waals surface area contributed by atoms with Crippen LogP contribution < -0.4 is 0 Å². The van der Waals surface area contributed by atoms with Gasteiger partial charge in [-0.05, 0) is 6.07 Å². The van der Waals surface area contributed by atoms with Crippen molar-refractivity contribution in [2.24, 2.45) is 7.05 Å². The molecule has 2 rings (SSSR count). The minimum absolute atomic E-state index is 0.0557. The Hall–Kier alpha value is -2.04. The second kappa shape index (κ2) is 3.61. The molecule has 0 spiro atoms. The highest BCUT2D eigenvalue weighted by Crippen LogP contribution is 2.16. The molecule has 0 aliphatic rings. The lowest BCUT2D eigenvalue weighted by molar-refractivity contribution is -0.137.